The zero-order chi connectivity index (χ0) is 14.7. The van der Waals surface area contributed by atoms with Gasteiger partial charge in [0.15, 0.2) is 0 Å². The molecular weight excluding hydrogens is 242 g/mol. The van der Waals surface area contributed by atoms with Crippen molar-refractivity contribution >= 4 is 5.97 Å². The van der Waals surface area contributed by atoms with Gasteiger partial charge in [-0.15, -0.1) is 0 Å². The molecule has 0 saturated heterocycles. The molecule has 0 radical (unpaired) electrons. The lowest BCUT2D eigenvalue weighted by Crippen LogP contribution is -2.51. The highest BCUT2D eigenvalue weighted by Gasteiger charge is 2.06. The number of carbonyl (C=O) groups is 1. The van der Waals surface area contributed by atoms with E-state index in [2.05, 4.69) is 24.8 Å². The number of rotatable bonds is 6. The standard InChI is InChI=1S/C8H11N.C7H14O3/c1-7(9)8-5-3-2-4-6-8;1-2-3-4-6(5-8)7(9)10/h2-7H,9H2,1H3;6,8H,2-5H2,1H3,(H,9,10)/t7-;6-/m00/s1. The summed E-state index contributed by atoms with van der Waals surface area (Å²) in [5.74, 6) is -1.81. The SMILES string of the molecule is CCCC[C@@H](CO)C(=O)[O-].C[C@H]([NH3+])c1ccccc1. The maximum absolute atomic E-state index is 10.2. The summed E-state index contributed by atoms with van der Waals surface area (Å²) in [5, 5.41) is 18.7. The van der Waals surface area contributed by atoms with Crippen LogP contribution in [0.4, 0.5) is 0 Å². The van der Waals surface area contributed by atoms with Crippen molar-refractivity contribution in [2.75, 3.05) is 6.61 Å². The first kappa shape index (κ1) is 17.6. The van der Waals surface area contributed by atoms with Gasteiger partial charge in [0.25, 0.3) is 0 Å². The van der Waals surface area contributed by atoms with E-state index in [4.69, 9.17) is 5.11 Å². The number of carboxylic acids is 1. The van der Waals surface area contributed by atoms with Gasteiger partial charge >= 0.3 is 0 Å². The van der Waals surface area contributed by atoms with E-state index < -0.39 is 11.9 Å². The summed E-state index contributed by atoms with van der Waals surface area (Å²) in [6, 6.07) is 10.7. The van der Waals surface area contributed by atoms with Gasteiger partial charge < -0.3 is 20.7 Å². The lowest BCUT2D eigenvalue weighted by atomic mass is 10.0. The van der Waals surface area contributed by atoms with Crippen LogP contribution < -0.4 is 10.8 Å². The Balaban J connectivity index is 0.000000342. The van der Waals surface area contributed by atoms with Crippen LogP contribution in [-0.2, 0) is 4.79 Å². The van der Waals surface area contributed by atoms with Crippen LogP contribution in [0.3, 0.4) is 0 Å². The summed E-state index contributed by atoms with van der Waals surface area (Å²) in [5.41, 5.74) is 5.21. The Morgan fingerprint density at radius 2 is 1.95 bits per heavy atom. The molecule has 0 saturated carbocycles. The summed E-state index contributed by atoms with van der Waals surface area (Å²) >= 11 is 0. The number of quaternary nitrogens is 1. The van der Waals surface area contributed by atoms with Crippen LogP contribution in [0.5, 0.6) is 0 Å². The molecule has 4 heteroatoms. The molecule has 0 spiro atoms. The molecule has 0 aliphatic carbocycles. The lowest BCUT2D eigenvalue weighted by molar-refractivity contribution is -0.420. The number of hydrogen-bond donors (Lipinski definition) is 2. The van der Waals surface area contributed by atoms with Crippen LogP contribution in [0.1, 0.15) is 44.7 Å². The number of unbranched alkanes of at least 4 members (excludes halogenated alkanes) is 1. The summed E-state index contributed by atoms with van der Waals surface area (Å²) in [4.78, 5) is 10.2. The van der Waals surface area contributed by atoms with Crippen molar-refractivity contribution in [3.63, 3.8) is 0 Å². The molecule has 4 nitrogen and oxygen atoms in total. The number of carboxylic acid groups (broad SMARTS) is 1. The van der Waals surface area contributed by atoms with Crippen LogP contribution in [0.2, 0.25) is 0 Å². The smallest absolute Gasteiger partial charge is 0.107 e. The predicted molar refractivity (Wildman–Crippen MR) is 72.9 cm³/mol. The highest BCUT2D eigenvalue weighted by Crippen LogP contribution is 2.06. The van der Waals surface area contributed by atoms with Crippen LogP contribution in [-0.4, -0.2) is 17.7 Å². The van der Waals surface area contributed by atoms with Crippen LogP contribution >= 0.6 is 0 Å². The Morgan fingerprint density at radius 1 is 1.37 bits per heavy atom. The van der Waals surface area contributed by atoms with Gasteiger partial charge in [-0.3, -0.25) is 0 Å². The number of aliphatic carboxylic acids is 1. The minimum atomic E-state index is -1.14. The van der Waals surface area contributed by atoms with Crippen LogP contribution in [0.15, 0.2) is 30.3 Å². The Morgan fingerprint density at radius 3 is 2.26 bits per heavy atom. The first-order valence-corrected chi connectivity index (χ1v) is 6.72. The van der Waals surface area contributed by atoms with Gasteiger partial charge in [-0.1, -0.05) is 50.1 Å². The van der Waals surface area contributed by atoms with E-state index in [1.807, 2.05) is 25.1 Å². The normalized spacial score (nSPS) is 13.1. The summed E-state index contributed by atoms with van der Waals surface area (Å²) in [7, 11) is 0. The van der Waals surface area contributed by atoms with E-state index in [1.165, 1.54) is 5.56 Å². The molecule has 1 aromatic rings. The third-order valence-corrected chi connectivity index (χ3v) is 2.83. The quantitative estimate of drug-likeness (QED) is 0.787. The lowest BCUT2D eigenvalue weighted by Gasteiger charge is -2.13. The van der Waals surface area contributed by atoms with E-state index in [1.54, 1.807) is 0 Å². The number of aliphatic hydroxyl groups is 1. The molecule has 0 bridgehead atoms. The molecule has 0 fully saturated rings. The molecule has 0 heterocycles. The second kappa shape index (κ2) is 10.5. The maximum Gasteiger partial charge on any atom is 0.107 e. The minimum Gasteiger partial charge on any atom is -0.550 e. The largest absolute Gasteiger partial charge is 0.550 e. The average molecular weight is 267 g/mol. The third kappa shape index (κ3) is 8.35. The predicted octanol–water partition coefficient (Wildman–Crippen LogP) is 0.525. The highest BCUT2D eigenvalue weighted by atomic mass is 16.4. The number of carbonyl (C=O) groups excluding carboxylic acids is 1. The van der Waals surface area contributed by atoms with Gasteiger partial charge in [0.2, 0.25) is 0 Å². The van der Waals surface area contributed by atoms with Crippen LogP contribution in [0, 0.1) is 5.92 Å². The van der Waals surface area contributed by atoms with Crippen molar-refractivity contribution in [2.24, 2.45) is 5.92 Å². The molecule has 1 aromatic carbocycles. The van der Waals surface area contributed by atoms with E-state index in [-0.39, 0.29) is 6.61 Å². The number of aliphatic hydroxyl groups excluding tert-OH is 1. The average Bonchev–Trinajstić information content (AvgIpc) is 2.41. The minimum absolute atomic E-state index is 0.303. The van der Waals surface area contributed by atoms with Crippen molar-refractivity contribution in [3.8, 4) is 0 Å². The first-order chi connectivity index (χ1) is 9.02. The van der Waals surface area contributed by atoms with E-state index in [9.17, 15) is 9.90 Å². The summed E-state index contributed by atoms with van der Waals surface area (Å²) in [6.07, 6.45) is 2.30. The molecule has 1 rings (SSSR count). The zero-order valence-corrected chi connectivity index (χ0v) is 11.8. The zero-order valence-electron chi connectivity index (χ0n) is 11.8. The second-order valence-corrected chi connectivity index (χ2v) is 4.65. The van der Waals surface area contributed by atoms with Crippen molar-refractivity contribution in [1.82, 2.24) is 0 Å². The highest BCUT2D eigenvalue weighted by molar-refractivity contribution is 5.67. The molecule has 0 aromatic heterocycles. The van der Waals surface area contributed by atoms with Gasteiger partial charge in [-0.25, -0.2) is 0 Å². The molecule has 19 heavy (non-hydrogen) atoms. The van der Waals surface area contributed by atoms with E-state index >= 15 is 0 Å². The fraction of sp³-hybridized carbons (Fsp3) is 0.533. The molecule has 0 amide bonds. The van der Waals surface area contributed by atoms with Crippen molar-refractivity contribution < 1.29 is 20.7 Å². The molecule has 0 aliphatic rings. The Kier molecular flexibility index (Phi) is 9.75. The summed E-state index contributed by atoms with van der Waals surface area (Å²) in [6.45, 7) is 3.77. The van der Waals surface area contributed by atoms with Crippen LogP contribution in [0.25, 0.3) is 0 Å². The maximum atomic E-state index is 10.2. The number of benzene rings is 1. The van der Waals surface area contributed by atoms with Crippen molar-refractivity contribution in [1.29, 1.82) is 0 Å². The molecular formula is C15H25NO3. The first-order valence-electron chi connectivity index (χ1n) is 6.72. The molecule has 108 valence electrons. The van der Waals surface area contributed by atoms with Gasteiger partial charge in [0, 0.05) is 17.5 Å². The van der Waals surface area contributed by atoms with Gasteiger partial charge in [-0.2, -0.15) is 0 Å². The third-order valence-electron chi connectivity index (χ3n) is 2.83. The monoisotopic (exact) mass is 267 g/mol. The van der Waals surface area contributed by atoms with Crippen molar-refractivity contribution in [3.05, 3.63) is 35.9 Å². The fourth-order valence-corrected chi connectivity index (χ4v) is 1.52. The molecule has 0 unspecified atom stereocenters. The van der Waals surface area contributed by atoms with E-state index in [0.29, 0.717) is 12.5 Å². The molecule has 0 aliphatic heterocycles. The van der Waals surface area contributed by atoms with E-state index in [0.717, 1.165) is 12.8 Å². The summed E-state index contributed by atoms with van der Waals surface area (Å²) < 4.78 is 0. The fourth-order valence-electron chi connectivity index (χ4n) is 1.52. The van der Waals surface area contributed by atoms with Gasteiger partial charge in [0.05, 0.1) is 6.61 Å². The Hall–Kier alpha value is -1.39. The molecule has 4 N–H and O–H groups in total. The molecule has 2 atom stereocenters. The number of hydrogen-bond acceptors (Lipinski definition) is 3. The topological polar surface area (TPSA) is 88.0 Å². The second-order valence-electron chi connectivity index (χ2n) is 4.65. The Bertz CT molecular complexity index is 339. The van der Waals surface area contributed by atoms with Gasteiger partial charge in [-0.05, 0) is 13.3 Å². The van der Waals surface area contributed by atoms with Crippen molar-refractivity contribution in [2.45, 2.75) is 39.2 Å². The Labute approximate surface area is 115 Å². The van der Waals surface area contributed by atoms with Gasteiger partial charge in [0.1, 0.15) is 6.04 Å².